The molecule has 0 N–H and O–H groups in total. The molecule has 0 aromatic heterocycles. The van der Waals surface area contributed by atoms with Gasteiger partial charge in [0.2, 0.25) is 0 Å². The first kappa shape index (κ1) is 13.8. The summed E-state index contributed by atoms with van der Waals surface area (Å²) in [5.74, 6) is 0. The lowest BCUT2D eigenvalue weighted by molar-refractivity contribution is 0.545. The van der Waals surface area contributed by atoms with Crippen molar-refractivity contribution in [1.29, 1.82) is 0 Å². The van der Waals surface area contributed by atoms with Gasteiger partial charge in [0, 0.05) is 12.7 Å². The number of benzene rings is 2. The van der Waals surface area contributed by atoms with Gasteiger partial charge in [0.05, 0.1) is 16.1 Å². The van der Waals surface area contributed by atoms with Crippen molar-refractivity contribution in [1.82, 2.24) is 0 Å². The zero-order valence-electron chi connectivity index (χ0n) is 11.4. The maximum atomic E-state index is 6.14. The smallest absolute Gasteiger partial charge is 0.0612 e. The molecule has 0 aliphatic heterocycles. The molecule has 2 aromatic rings. The van der Waals surface area contributed by atoms with Gasteiger partial charge < -0.3 is 4.90 Å². The van der Waals surface area contributed by atoms with E-state index in [0.717, 1.165) is 5.69 Å². The molecule has 104 valence electrons. The highest BCUT2D eigenvalue weighted by Crippen LogP contribution is 2.37. The van der Waals surface area contributed by atoms with E-state index in [1.54, 1.807) is 0 Å². The van der Waals surface area contributed by atoms with E-state index in [4.69, 9.17) is 23.2 Å². The lowest BCUT2D eigenvalue weighted by Gasteiger charge is -2.35. The Hall–Kier alpha value is -1.18. The summed E-state index contributed by atoms with van der Waals surface area (Å²) in [5.41, 5.74) is 4.02. The topological polar surface area (TPSA) is 3.24 Å². The molecule has 2 aromatic carbocycles. The molecule has 3 rings (SSSR count). The Labute approximate surface area is 130 Å². The van der Waals surface area contributed by atoms with E-state index in [1.807, 2.05) is 18.2 Å². The lowest BCUT2D eigenvalue weighted by Crippen LogP contribution is -2.27. The summed E-state index contributed by atoms with van der Waals surface area (Å²) in [5, 5.41) is 1.22. The predicted octanol–water partition coefficient (Wildman–Crippen LogP) is 5.51. The van der Waals surface area contributed by atoms with Crippen molar-refractivity contribution in [2.24, 2.45) is 0 Å². The van der Waals surface area contributed by atoms with Crippen LogP contribution in [0.15, 0.2) is 42.5 Å². The van der Waals surface area contributed by atoms with Crippen LogP contribution in [0.5, 0.6) is 0 Å². The standard InChI is InChI=1S/C17H17Cl2N/c1-20(13-9-10-15(18)16(19)11-13)17-8-4-6-12-5-2-3-7-14(12)17/h2-3,5,7,9-11,17H,4,6,8H2,1H3. The number of hydrogen-bond donors (Lipinski definition) is 0. The van der Waals surface area contributed by atoms with Crippen molar-refractivity contribution in [2.75, 3.05) is 11.9 Å². The maximum Gasteiger partial charge on any atom is 0.0612 e. The van der Waals surface area contributed by atoms with Crippen molar-refractivity contribution in [3.05, 3.63) is 63.6 Å². The molecule has 1 nitrogen and oxygen atoms in total. The minimum absolute atomic E-state index is 0.414. The van der Waals surface area contributed by atoms with Crippen LogP contribution in [0.1, 0.15) is 30.0 Å². The van der Waals surface area contributed by atoms with Crippen LogP contribution in [-0.4, -0.2) is 7.05 Å². The van der Waals surface area contributed by atoms with Gasteiger partial charge in [-0.3, -0.25) is 0 Å². The normalized spacial score (nSPS) is 17.6. The number of nitrogens with zero attached hydrogens (tertiary/aromatic N) is 1. The van der Waals surface area contributed by atoms with E-state index >= 15 is 0 Å². The van der Waals surface area contributed by atoms with Gasteiger partial charge in [0.1, 0.15) is 0 Å². The molecule has 1 aliphatic carbocycles. The maximum absolute atomic E-state index is 6.14. The third-order valence-corrected chi connectivity index (χ3v) is 4.85. The van der Waals surface area contributed by atoms with Crippen LogP contribution in [0, 0.1) is 0 Å². The van der Waals surface area contributed by atoms with Crippen LogP contribution in [0.4, 0.5) is 5.69 Å². The summed E-state index contributed by atoms with van der Waals surface area (Å²) >= 11 is 12.1. The zero-order valence-corrected chi connectivity index (χ0v) is 13.0. The molecule has 0 spiro atoms. The third-order valence-electron chi connectivity index (χ3n) is 4.12. The van der Waals surface area contributed by atoms with E-state index in [9.17, 15) is 0 Å². The Balaban J connectivity index is 1.95. The van der Waals surface area contributed by atoms with E-state index in [2.05, 4.69) is 36.2 Å². The summed E-state index contributed by atoms with van der Waals surface area (Å²) < 4.78 is 0. The zero-order chi connectivity index (χ0) is 14.1. The van der Waals surface area contributed by atoms with E-state index in [-0.39, 0.29) is 0 Å². The van der Waals surface area contributed by atoms with Crippen LogP contribution in [-0.2, 0) is 6.42 Å². The fraction of sp³-hybridized carbons (Fsp3) is 0.294. The summed E-state index contributed by atoms with van der Waals surface area (Å²) in [4.78, 5) is 2.31. The van der Waals surface area contributed by atoms with Gasteiger partial charge in [0.25, 0.3) is 0 Å². The SMILES string of the molecule is CN(c1ccc(Cl)c(Cl)c1)C1CCCc2ccccc21. The van der Waals surface area contributed by atoms with Crippen molar-refractivity contribution in [3.8, 4) is 0 Å². The van der Waals surface area contributed by atoms with Gasteiger partial charge in [-0.25, -0.2) is 0 Å². The van der Waals surface area contributed by atoms with Crippen molar-refractivity contribution >= 4 is 28.9 Å². The fourth-order valence-electron chi connectivity index (χ4n) is 3.01. The first-order chi connectivity index (χ1) is 9.66. The number of rotatable bonds is 2. The molecule has 1 atom stereocenters. The molecule has 0 bridgehead atoms. The van der Waals surface area contributed by atoms with Gasteiger partial charge in [0.15, 0.2) is 0 Å². The molecule has 3 heteroatoms. The number of fused-ring (bicyclic) bond motifs is 1. The Kier molecular flexibility index (Phi) is 3.91. The Bertz CT molecular complexity index is 624. The Morgan fingerprint density at radius 3 is 2.65 bits per heavy atom. The van der Waals surface area contributed by atoms with Crippen LogP contribution >= 0.6 is 23.2 Å². The average molecular weight is 306 g/mol. The average Bonchev–Trinajstić information content (AvgIpc) is 2.49. The van der Waals surface area contributed by atoms with E-state index in [1.165, 1.54) is 30.4 Å². The summed E-state index contributed by atoms with van der Waals surface area (Å²) in [6.07, 6.45) is 3.59. The second-order valence-corrected chi connectivity index (χ2v) is 6.13. The van der Waals surface area contributed by atoms with Gasteiger partial charge in [-0.1, -0.05) is 47.5 Å². The highest BCUT2D eigenvalue weighted by molar-refractivity contribution is 6.42. The number of anilines is 1. The first-order valence-corrected chi connectivity index (χ1v) is 7.68. The molecule has 0 saturated heterocycles. The molecule has 1 unspecified atom stereocenters. The second kappa shape index (κ2) is 5.67. The predicted molar refractivity (Wildman–Crippen MR) is 87.0 cm³/mol. The van der Waals surface area contributed by atoms with Crippen LogP contribution in [0.3, 0.4) is 0 Å². The number of halogens is 2. The molecule has 0 radical (unpaired) electrons. The van der Waals surface area contributed by atoms with Gasteiger partial charge in [-0.2, -0.15) is 0 Å². The molecule has 0 amide bonds. The molecule has 0 fully saturated rings. The molecular weight excluding hydrogens is 289 g/mol. The van der Waals surface area contributed by atoms with Crippen molar-refractivity contribution in [2.45, 2.75) is 25.3 Å². The van der Waals surface area contributed by atoms with Gasteiger partial charge >= 0.3 is 0 Å². The highest BCUT2D eigenvalue weighted by Gasteiger charge is 2.23. The van der Waals surface area contributed by atoms with Crippen LogP contribution in [0.2, 0.25) is 10.0 Å². The minimum Gasteiger partial charge on any atom is -0.367 e. The molecule has 1 aliphatic rings. The summed E-state index contributed by atoms with van der Waals surface area (Å²) in [6.45, 7) is 0. The number of aryl methyl sites for hydroxylation is 1. The molecule has 0 saturated carbocycles. The van der Waals surface area contributed by atoms with E-state index < -0.39 is 0 Å². The van der Waals surface area contributed by atoms with Crippen LogP contribution < -0.4 is 4.90 Å². The lowest BCUT2D eigenvalue weighted by atomic mass is 9.87. The Morgan fingerprint density at radius 1 is 1.05 bits per heavy atom. The van der Waals surface area contributed by atoms with Gasteiger partial charge in [-0.15, -0.1) is 0 Å². The monoisotopic (exact) mass is 305 g/mol. The van der Waals surface area contributed by atoms with E-state index in [0.29, 0.717) is 16.1 Å². The summed E-state index contributed by atoms with van der Waals surface area (Å²) in [7, 11) is 2.13. The van der Waals surface area contributed by atoms with Gasteiger partial charge in [-0.05, 0) is 48.6 Å². The first-order valence-electron chi connectivity index (χ1n) is 6.92. The highest BCUT2D eigenvalue weighted by atomic mass is 35.5. The quantitative estimate of drug-likeness (QED) is 0.707. The molecule has 20 heavy (non-hydrogen) atoms. The Morgan fingerprint density at radius 2 is 1.85 bits per heavy atom. The largest absolute Gasteiger partial charge is 0.367 e. The minimum atomic E-state index is 0.414. The second-order valence-electron chi connectivity index (χ2n) is 5.32. The van der Waals surface area contributed by atoms with Crippen molar-refractivity contribution < 1.29 is 0 Å². The third kappa shape index (κ3) is 2.53. The van der Waals surface area contributed by atoms with Crippen molar-refractivity contribution in [3.63, 3.8) is 0 Å². The fourth-order valence-corrected chi connectivity index (χ4v) is 3.31. The van der Waals surface area contributed by atoms with Crippen LogP contribution in [0.25, 0.3) is 0 Å². The molecular formula is C17H17Cl2N. The summed E-state index contributed by atoms with van der Waals surface area (Å²) in [6, 6.07) is 15.0. The molecule has 0 heterocycles. The number of hydrogen-bond acceptors (Lipinski definition) is 1.